The highest BCUT2D eigenvalue weighted by molar-refractivity contribution is 5.84. The predicted molar refractivity (Wildman–Crippen MR) is 86.0 cm³/mol. The van der Waals surface area contributed by atoms with Gasteiger partial charge in [0.05, 0.1) is 0 Å². The third-order valence-corrected chi connectivity index (χ3v) is 3.70. The van der Waals surface area contributed by atoms with E-state index in [-0.39, 0.29) is 0 Å². The topological polar surface area (TPSA) is 4.93 Å². The van der Waals surface area contributed by atoms with Crippen LogP contribution in [0, 0.1) is 5.92 Å². The molecule has 1 aromatic heterocycles. The number of rotatable bonds is 4. The van der Waals surface area contributed by atoms with Gasteiger partial charge in [-0.2, -0.15) is 0 Å². The van der Waals surface area contributed by atoms with Crippen molar-refractivity contribution in [2.75, 3.05) is 0 Å². The molecule has 1 nitrogen and oxygen atoms in total. The fourth-order valence-corrected chi connectivity index (χ4v) is 2.84. The van der Waals surface area contributed by atoms with Gasteiger partial charge in [-0.3, -0.25) is 0 Å². The molecule has 20 heavy (non-hydrogen) atoms. The minimum atomic E-state index is 0.686. The minimum absolute atomic E-state index is 0.686. The summed E-state index contributed by atoms with van der Waals surface area (Å²) >= 11 is 0. The molecular weight excluding hydrogens is 242 g/mol. The molecule has 2 aromatic carbocycles. The van der Waals surface area contributed by atoms with E-state index in [0.29, 0.717) is 5.92 Å². The zero-order chi connectivity index (χ0) is 13.9. The average molecular weight is 263 g/mol. The van der Waals surface area contributed by atoms with Gasteiger partial charge < -0.3 is 4.57 Å². The summed E-state index contributed by atoms with van der Waals surface area (Å²) in [5.74, 6) is 0.686. The van der Waals surface area contributed by atoms with E-state index in [1.165, 1.54) is 22.0 Å². The molecule has 0 N–H and O–H groups in total. The summed E-state index contributed by atoms with van der Waals surface area (Å²) < 4.78 is 2.38. The molecule has 0 atom stereocenters. The van der Waals surface area contributed by atoms with E-state index in [0.717, 1.165) is 13.0 Å². The molecule has 1 heteroatoms. The van der Waals surface area contributed by atoms with Crippen molar-refractivity contribution < 1.29 is 0 Å². The fourth-order valence-electron chi connectivity index (χ4n) is 2.84. The first-order chi connectivity index (χ1) is 9.74. The van der Waals surface area contributed by atoms with E-state index in [4.69, 9.17) is 0 Å². The summed E-state index contributed by atoms with van der Waals surface area (Å²) in [6.45, 7) is 5.51. The largest absolute Gasteiger partial charge is 0.343 e. The maximum absolute atomic E-state index is 2.38. The van der Waals surface area contributed by atoms with Crippen LogP contribution in [0.5, 0.6) is 0 Å². The van der Waals surface area contributed by atoms with Gasteiger partial charge in [0.15, 0.2) is 0 Å². The van der Waals surface area contributed by atoms with Crippen molar-refractivity contribution in [2.45, 2.75) is 26.8 Å². The van der Waals surface area contributed by atoms with Crippen LogP contribution in [0.25, 0.3) is 10.9 Å². The average Bonchev–Trinajstić information content (AvgIpc) is 2.78. The zero-order valence-electron chi connectivity index (χ0n) is 12.2. The molecule has 0 spiro atoms. The Labute approximate surface area is 120 Å². The second kappa shape index (κ2) is 5.54. The van der Waals surface area contributed by atoms with Crippen molar-refractivity contribution >= 4 is 10.9 Å². The predicted octanol–water partition coefficient (Wildman–Crippen LogP) is 4.89. The van der Waals surface area contributed by atoms with Crippen molar-refractivity contribution in [2.24, 2.45) is 5.92 Å². The summed E-state index contributed by atoms with van der Waals surface area (Å²) in [5, 5.41) is 1.40. The Morgan fingerprint density at radius 2 is 1.60 bits per heavy atom. The lowest BCUT2D eigenvalue weighted by Crippen LogP contribution is -1.97. The monoisotopic (exact) mass is 263 g/mol. The highest BCUT2D eigenvalue weighted by Crippen LogP contribution is 2.24. The molecule has 1 heterocycles. The van der Waals surface area contributed by atoms with Crippen LogP contribution in [-0.2, 0) is 13.0 Å². The van der Waals surface area contributed by atoms with Crippen molar-refractivity contribution in [3.05, 3.63) is 71.9 Å². The van der Waals surface area contributed by atoms with Gasteiger partial charge in [0, 0.05) is 23.6 Å². The second-order valence-corrected chi connectivity index (χ2v) is 5.88. The van der Waals surface area contributed by atoms with Crippen molar-refractivity contribution in [3.63, 3.8) is 0 Å². The van der Waals surface area contributed by atoms with Crippen molar-refractivity contribution in [3.8, 4) is 0 Å². The number of aromatic nitrogens is 1. The highest BCUT2D eigenvalue weighted by Gasteiger charge is 2.09. The smallest absolute Gasteiger partial charge is 0.0486 e. The van der Waals surface area contributed by atoms with Crippen LogP contribution in [0.2, 0.25) is 0 Å². The highest BCUT2D eigenvalue weighted by atomic mass is 15.0. The van der Waals surface area contributed by atoms with Crippen molar-refractivity contribution in [1.29, 1.82) is 0 Å². The summed E-state index contributed by atoms with van der Waals surface area (Å²) in [5.41, 5.74) is 4.16. The summed E-state index contributed by atoms with van der Waals surface area (Å²) in [6, 6.07) is 19.4. The summed E-state index contributed by atoms with van der Waals surface area (Å²) in [4.78, 5) is 0. The lowest BCUT2D eigenvalue weighted by atomic mass is 10.0. The first-order valence-corrected chi connectivity index (χ1v) is 7.34. The van der Waals surface area contributed by atoms with Gasteiger partial charge in [-0.05, 0) is 29.5 Å². The SMILES string of the molecule is CC(C)Cc1cn(Cc2ccccc2)c2ccccc12. The van der Waals surface area contributed by atoms with Crippen LogP contribution in [-0.4, -0.2) is 4.57 Å². The second-order valence-electron chi connectivity index (χ2n) is 5.88. The zero-order valence-corrected chi connectivity index (χ0v) is 12.2. The van der Waals surface area contributed by atoms with E-state index >= 15 is 0 Å². The molecule has 3 aromatic rings. The number of hydrogen-bond acceptors (Lipinski definition) is 0. The van der Waals surface area contributed by atoms with Gasteiger partial charge in [0.1, 0.15) is 0 Å². The Balaban J connectivity index is 2.02. The molecule has 0 saturated carbocycles. The number of benzene rings is 2. The number of hydrogen-bond donors (Lipinski definition) is 0. The van der Waals surface area contributed by atoms with Gasteiger partial charge >= 0.3 is 0 Å². The molecule has 0 aliphatic carbocycles. The third-order valence-electron chi connectivity index (χ3n) is 3.70. The molecule has 0 aliphatic heterocycles. The van der Waals surface area contributed by atoms with E-state index in [2.05, 4.69) is 79.2 Å². The van der Waals surface area contributed by atoms with Crippen LogP contribution in [0.15, 0.2) is 60.8 Å². The molecule has 0 bridgehead atoms. The van der Waals surface area contributed by atoms with Gasteiger partial charge in [-0.1, -0.05) is 62.4 Å². The Hall–Kier alpha value is -2.02. The van der Waals surface area contributed by atoms with Gasteiger partial charge in [0.25, 0.3) is 0 Å². The Kier molecular flexibility index (Phi) is 3.60. The standard InChI is InChI=1S/C19H21N/c1-15(2)12-17-14-20(13-16-8-4-3-5-9-16)19-11-7-6-10-18(17)19/h3-11,14-15H,12-13H2,1-2H3. The van der Waals surface area contributed by atoms with Gasteiger partial charge in [0.2, 0.25) is 0 Å². The Morgan fingerprint density at radius 1 is 0.900 bits per heavy atom. The molecule has 0 amide bonds. The molecule has 0 fully saturated rings. The molecule has 3 rings (SSSR count). The van der Waals surface area contributed by atoms with Crippen molar-refractivity contribution in [1.82, 2.24) is 4.57 Å². The molecular formula is C19H21N. The first kappa shape index (κ1) is 13.0. The lowest BCUT2D eigenvalue weighted by Gasteiger charge is -2.05. The fraction of sp³-hybridized carbons (Fsp3) is 0.263. The minimum Gasteiger partial charge on any atom is -0.343 e. The summed E-state index contributed by atoms with van der Waals surface area (Å²) in [7, 11) is 0. The van der Waals surface area contributed by atoms with Gasteiger partial charge in [-0.25, -0.2) is 0 Å². The Morgan fingerprint density at radius 3 is 2.35 bits per heavy atom. The summed E-state index contributed by atoms with van der Waals surface area (Å²) in [6.07, 6.45) is 3.47. The van der Waals surface area contributed by atoms with E-state index in [1.54, 1.807) is 0 Å². The van der Waals surface area contributed by atoms with Crippen LogP contribution in [0.1, 0.15) is 25.0 Å². The first-order valence-electron chi connectivity index (χ1n) is 7.34. The number of para-hydroxylation sites is 1. The van der Waals surface area contributed by atoms with E-state index in [9.17, 15) is 0 Å². The molecule has 0 radical (unpaired) electrons. The van der Waals surface area contributed by atoms with E-state index in [1.807, 2.05) is 0 Å². The number of fused-ring (bicyclic) bond motifs is 1. The van der Waals surface area contributed by atoms with Crippen LogP contribution >= 0.6 is 0 Å². The Bertz CT molecular complexity index is 692. The van der Waals surface area contributed by atoms with Crippen LogP contribution in [0.3, 0.4) is 0 Å². The maximum atomic E-state index is 2.38. The number of nitrogens with zero attached hydrogens (tertiary/aromatic N) is 1. The molecule has 102 valence electrons. The molecule has 0 aliphatic rings. The maximum Gasteiger partial charge on any atom is 0.0486 e. The molecule has 0 unspecified atom stereocenters. The third kappa shape index (κ3) is 2.62. The van der Waals surface area contributed by atoms with Crippen LogP contribution in [0.4, 0.5) is 0 Å². The van der Waals surface area contributed by atoms with Gasteiger partial charge in [-0.15, -0.1) is 0 Å². The molecule has 0 saturated heterocycles. The normalized spacial score (nSPS) is 11.3. The lowest BCUT2D eigenvalue weighted by molar-refractivity contribution is 0.647. The quantitative estimate of drug-likeness (QED) is 0.631. The van der Waals surface area contributed by atoms with E-state index < -0.39 is 0 Å². The van der Waals surface area contributed by atoms with Crippen LogP contribution < -0.4 is 0 Å².